The maximum atomic E-state index is 12.5. The van der Waals surface area contributed by atoms with Crippen molar-refractivity contribution in [3.63, 3.8) is 0 Å². The molecule has 0 aromatic heterocycles. The number of anilines is 1. The van der Waals surface area contributed by atoms with Crippen molar-refractivity contribution in [2.45, 2.75) is 40.5 Å². The first-order chi connectivity index (χ1) is 9.68. The highest BCUT2D eigenvalue weighted by Crippen LogP contribution is 2.55. The summed E-state index contributed by atoms with van der Waals surface area (Å²) < 4.78 is 0. The second kappa shape index (κ2) is 5.17. The molecule has 0 aliphatic heterocycles. The van der Waals surface area contributed by atoms with Gasteiger partial charge in [-0.2, -0.15) is 0 Å². The summed E-state index contributed by atoms with van der Waals surface area (Å²) in [5.41, 5.74) is 0.255. The van der Waals surface area contributed by atoms with E-state index in [9.17, 15) is 14.7 Å². The van der Waals surface area contributed by atoms with Gasteiger partial charge in [0.15, 0.2) is 0 Å². The molecule has 1 aromatic carbocycles. The lowest BCUT2D eigenvalue weighted by Crippen LogP contribution is -2.49. The van der Waals surface area contributed by atoms with E-state index in [1.807, 2.05) is 45.0 Å². The lowest BCUT2D eigenvalue weighted by atomic mass is 9.65. The van der Waals surface area contributed by atoms with Crippen molar-refractivity contribution in [1.82, 2.24) is 0 Å². The van der Waals surface area contributed by atoms with Crippen molar-refractivity contribution in [3.05, 3.63) is 29.8 Å². The predicted octanol–water partition coefficient (Wildman–Crippen LogP) is 2.13. The number of hydrogen-bond donors (Lipinski definition) is 1. The van der Waals surface area contributed by atoms with E-state index in [4.69, 9.17) is 0 Å². The van der Waals surface area contributed by atoms with Crippen molar-refractivity contribution in [2.24, 2.45) is 16.7 Å². The first kappa shape index (κ1) is 15.5. The van der Waals surface area contributed by atoms with Gasteiger partial charge in [-0.25, -0.2) is 0 Å². The topological polar surface area (TPSA) is 69.2 Å². The molecule has 1 N–H and O–H groups in total. The molecule has 1 fully saturated rings. The van der Waals surface area contributed by atoms with Crippen LogP contribution in [0.3, 0.4) is 0 Å². The number of carboxylic acids is 1. The van der Waals surface area contributed by atoms with Crippen molar-refractivity contribution in [3.8, 4) is 0 Å². The van der Waals surface area contributed by atoms with Crippen molar-refractivity contribution in [2.75, 3.05) is 5.32 Å². The number of benzene rings is 1. The van der Waals surface area contributed by atoms with Crippen LogP contribution >= 0.6 is 0 Å². The molecule has 1 saturated carbocycles. The van der Waals surface area contributed by atoms with Gasteiger partial charge in [-0.15, -0.1) is 0 Å². The Hall–Kier alpha value is -1.84. The maximum Gasteiger partial charge on any atom is 0.228 e. The average Bonchev–Trinajstić information content (AvgIpc) is 2.64. The SMILES string of the molecule is Cc1ccc(NC(=O)[C@H]2CC[C@](C)(C(=O)[O-])C2(C)C)cc1. The number of carboxylic acid groups (broad SMARTS) is 1. The normalized spacial score (nSPS) is 27.3. The zero-order valence-corrected chi connectivity index (χ0v) is 13.0. The van der Waals surface area contributed by atoms with Gasteiger partial charge in [0.25, 0.3) is 0 Å². The van der Waals surface area contributed by atoms with Crippen LogP contribution in [-0.4, -0.2) is 11.9 Å². The molecule has 1 aliphatic carbocycles. The van der Waals surface area contributed by atoms with E-state index in [0.29, 0.717) is 12.8 Å². The Morgan fingerprint density at radius 3 is 2.24 bits per heavy atom. The number of hydrogen-bond acceptors (Lipinski definition) is 3. The molecule has 1 amide bonds. The summed E-state index contributed by atoms with van der Waals surface area (Å²) in [6.07, 6.45) is 1.03. The fraction of sp³-hybridized carbons (Fsp3) is 0.529. The summed E-state index contributed by atoms with van der Waals surface area (Å²) in [6.45, 7) is 7.35. The summed E-state index contributed by atoms with van der Waals surface area (Å²) in [5.74, 6) is -1.52. The molecular formula is C17H22NO3-. The van der Waals surface area contributed by atoms with Gasteiger partial charge in [-0.1, -0.05) is 38.5 Å². The Bertz CT molecular complexity index is 562. The molecular weight excluding hydrogens is 266 g/mol. The summed E-state index contributed by atoms with van der Waals surface area (Å²) in [7, 11) is 0. The molecule has 4 nitrogen and oxygen atoms in total. The van der Waals surface area contributed by atoms with Crippen LogP contribution in [0.2, 0.25) is 0 Å². The van der Waals surface area contributed by atoms with Gasteiger partial charge in [-0.05, 0) is 37.3 Å². The molecule has 0 heterocycles. The Balaban J connectivity index is 2.17. The second-order valence-electron chi connectivity index (χ2n) is 6.79. The second-order valence-corrected chi connectivity index (χ2v) is 6.79. The predicted molar refractivity (Wildman–Crippen MR) is 79.4 cm³/mol. The van der Waals surface area contributed by atoms with Crippen LogP contribution in [0.15, 0.2) is 24.3 Å². The molecule has 0 spiro atoms. The summed E-state index contributed by atoms with van der Waals surface area (Å²) in [4.78, 5) is 24.0. The Morgan fingerprint density at radius 1 is 1.19 bits per heavy atom. The molecule has 0 unspecified atom stereocenters. The van der Waals surface area contributed by atoms with E-state index in [1.165, 1.54) is 0 Å². The fourth-order valence-corrected chi connectivity index (χ4v) is 3.19. The van der Waals surface area contributed by atoms with Crippen molar-refractivity contribution in [1.29, 1.82) is 0 Å². The van der Waals surface area contributed by atoms with E-state index in [1.54, 1.807) is 6.92 Å². The molecule has 2 rings (SSSR count). The standard InChI is InChI=1S/C17H23NO3/c1-11-5-7-12(8-6-11)18-14(19)13-9-10-17(4,15(20)21)16(13,2)3/h5-8,13H,9-10H2,1-4H3,(H,18,19)(H,20,21)/p-1/t13-,17-/m1/s1. The number of aliphatic carboxylic acids is 1. The van der Waals surface area contributed by atoms with Crippen LogP contribution in [0.1, 0.15) is 39.2 Å². The van der Waals surface area contributed by atoms with E-state index in [0.717, 1.165) is 11.3 Å². The Labute approximate surface area is 125 Å². The third-order valence-corrected chi connectivity index (χ3v) is 5.31. The van der Waals surface area contributed by atoms with Gasteiger partial charge < -0.3 is 15.2 Å². The minimum absolute atomic E-state index is 0.117. The van der Waals surface area contributed by atoms with E-state index in [2.05, 4.69) is 5.32 Å². The smallest absolute Gasteiger partial charge is 0.228 e. The number of carbonyl (C=O) groups is 2. The van der Waals surface area contributed by atoms with Gasteiger partial charge in [0.05, 0.1) is 0 Å². The van der Waals surface area contributed by atoms with Gasteiger partial charge in [0.2, 0.25) is 5.91 Å². The van der Waals surface area contributed by atoms with Gasteiger partial charge in [0, 0.05) is 23.0 Å². The molecule has 0 radical (unpaired) electrons. The zero-order chi connectivity index (χ0) is 15.8. The monoisotopic (exact) mass is 288 g/mol. The highest BCUT2D eigenvalue weighted by Gasteiger charge is 2.54. The number of aryl methyl sites for hydroxylation is 1. The number of carbonyl (C=O) groups excluding carboxylic acids is 2. The maximum absolute atomic E-state index is 12.5. The molecule has 4 heteroatoms. The van der Waals surface area contributed by atoms with Gasteiger partial charge in [-0.3, -0.25) is 4.79 Å². The summed E-state index contributed by atoms with van der Waals surface area (Å²) in [5, 5.41) is 14.4. The highest BCUT2D eigenvalue weighted by molar-refractivity contribution is 5.94. The van der Waals surface area contributed by atoms with Crippen LogP contribution in [0.25, 0.3) is 0 Å². The van der Waals surface area contributed by atoms with Crippen LogP contribution in [0.4, 0.5) is 5.69 Å². The van der Waals surface area contributed by atoms with Gasteiger partial charge >= 0.3 is 0 Å². The highest BCUT2D eigenvalue weighted by atomic mass is 16.4. The number of rotatable bonds is 3. The third kappa shape index (κ3) is 2.55. The molecule has 0 bridgehead atoms. The summed E-state index contributed by atoms with van der Waals surface area (Å²) in [6, 6.07) is 7.57. The quantitative estimate of drug-likeness (QED) is 0.926. The lowest BCUT2D eigenvalue weighted by molar-refractivity contribution is -0.323. The largest absolute Gasteiger partial charge is 0.550 e. The van der Waals surface area contributed by atoms with Crippen molar-refractivity contribution >= 4 is 17.6 Å². The third-order valence-electron chi connectivity index (χ3n) is 5.31. The first-order valence-corrected chi connectivity index (χ1v) is 7.27. The first-order valence-electron chi connectivity index (χ1n) is 7.27. The fourth-order valence-electron chi connectivity index (χ4n) is 3.19. The van der Waals surface area contributed by atoms with Crippen LogP contribution in [0.5, 0.6) is 0 Å². The molecule has 2 atom stereocenters. The average molecular weight is 288 g/mol. The van der Waals surface area contributed by atoms with E-state index < -0.39 is 16.8 Å². The van der Waals surface area contributed by atoms with E-state index >= 15 is 0 Å². The Morgan fingerprint density at radius 2 is 1.76 bits per heavy atom. The molecule has 21 heavy (non-hydrogen) atoms. The number of amides is 1. The molecule has 1 aliphatic rings. The minimum Gasteiger partial charge on any atom is -0.550 e. The van der Waals surface area contributed by atoms with E-state index in [-0.39, 0.29) is 11.8 Å². The molecule has 114 valence electrons. The Kier molecular flexibility index (Phi) is 3.83. The molecule has 0 saturated heterocycles. The van der Waals surface area contributed by atoms with Crippen LogP contribution in [-0.2, 0) is 9.59 Å². The lowest BCUT2D eigenvalue weighted by Gasteiger charge is -2.41. The minimum atomic E-state index is -1.07. The van der Waals surface area contributed by atoms with Gasteiger partial charge in [0.1, 0.15) is 0 Å². The van der Waals surface area contributed by atoms with Crippen LogP contribution < -0.4 is 10.4 Å². The summed E-state index contributed by atoms with van der Waals surface area (Å²) >= 11 is 0. The zero-order valence-electron chi connectivity index (χ0n) is 13.0. The van der Waals surface area contributed by atoms with Crippen molar-refractivity contribution < 1.29 is 14.7 Å². The van der Waals surface area contributed by atoms with Crippen LogP contribution in [0, 0.1) is 23.7 Å². The number of nitrogens with one attached hydrogen (secondary N) is 1. The molecule has 1 aromatic rings.